The zero-order valence-corrected chi connectivity index (χ0v) is 9.95. The Bertz CT molecular complexity index is 257. The molecule has 0 N–H and O–H groups in total. The van der Waals surface area contributed by atoms with Crippen molar-refractivity contribution >= 4 is 5.97 Å². The van der Waals surface area contributed by atoms with E-state index in [1.807, 2.05) is 0 Å². The first-order chi connectivity index (χ1) is 6.98. The molecular weight excluding hydrogens is 190 g/mol. The first-order valence-electron chi connectivity index (χ1n) is 5.91. The molecule has 0 radical (unpaired) electrons. The lowest BCUT2D eigenvalue weighted by molar-refractivity contribution is -0.137. The van der Waals surface area contributed by atoms with Crippen LogP contribution in [0.15, 0.2) is 0 Å². The van der Waals surface area contributed by atoms with Gasteiger partial charge in [0.05, 0.1) is 13.0 Å². The maximum atomic E-state index is 11.1. The number of hydrogen-bond donors (Lipinski definition) is 0. The second-order valence-corrected chi connectivity index (χ2v) is 5.72. The van der Waals surface area contributed by atoms with E-state index in [9.17, 15) is 4.79 Å². The molecule has 2 heterocycles. The number of nitrogens with zero attached hydrogens (tertiary/aromatic N) is 1. The molecule has 0 aromatic heterocycles. The molecule has 0 amide bonds. The molecule has 2 aliphatic heterocycles. The highest BCUT2D eigenvalue weighted by molar-refractivity contribution is 5.71. The second-order valence-electron chi connectivity index (χ2n) is 5.72. The van der Waals surface area contributed by atoms with Gasteiger partial charge in [0.2, 0.25) is 0 Å². The Kier molecular flexibility index (Phi) is 2.75. The van der Waals surface area contributed by atoms with E-state index < -0.39 is 0 Å². The monoisotopic (exact) mass is 211 g/mol. The van der Waals surface area contributed by atoms with Gasteiger partial charge in [0, 0.05) is 17.5 Å². The van der Waals surface area contributed by atoms with Gasteiger partial charge in [0.15, 0.2) is 0 Å². The van der Waals surface area contributed by atoms with Gasteiger partial charge < -0.3 is 4.74 Å². The number of carbonyl (C=O) groups excluding carboxylic acids is 1. The average molecular weight is 211 g/mol. The molecule has 2 fully saturated rings. The third kappa shape index (κ3) is 2.17. The molecule has 0 aromatic carbocycles. The van der Waals surface area contributed by atoms with Crippen molar-refractivity contribution in [2.24, 2.45) is 5.92 Å². The molecule has 15 heavy (non-hydrogen) atoms. The van der Waals surface area contributed by atoms with Gasteiger partial charge in [-0.1, -0.05) is 0 Å². The van der Waals surface area contributed by atoms with Crippen LogP contribution in [0.2, 0.25) is 0 Å². The summed E-state index contributed by atoms with van der Waals surface area (Å²) in [6.07, 6.45) is 3.10. The summed E-state index contributed by atoms with van der Waals surface area (Å²) in [5.74, 6) is 0.417. The molecule has 2 atom stereocenters. The normalized spacial score (nSPS) is 33.4. The highest BCUT2D eigenvalue weighted by Crippen LogP contribution is 2.34. The van der Waals surface area contributed by atoms with E-state index in [-0.39, 0.29) is 11.5 Å². The van der Waals surface area contributed by atoms with Crippen molar-refractivity contribution in [1.82, 2.24) is 4.90 Å². The van der Waals surface area contributed by atoms with E-state index in [4.69, 9.17) is 4.74 Å². The minimum absolute atomic E-state index is 0.0132. The lowest BCUT2D eigenvalue weighted by Gasteiger charge is -2.39. The van der Waals surface area contributed by atoms with Gasteiger partial charge in [-0.2, -0.15) is 0 Å². The predicted octanol–water partition coefficient (Wildman–Crippen LogP) is 1.81. The Morgan fingerprint density at radius 1 is 1.40 bits per heavy atom. The van der Waals surface area contributed by atoms with Crippen LogP contribution in [-0.2, 0) is 9.53 Å². The van der Waals surface area contributed by atoms with Crippen molar-refractivity contribution in [3.63, 3.8) is 0 Å². The summed E-state index contributed by atoms with van der Waals surface area (Å²) >= 11 is 0. The van der Waals surface area contributed by atoms with Crippen LogP contribution in [0, 0.1) is 5.92 Å². The van der Waals surface area contributed by atoms with Gasteiger partial charge in [-0.05, 0) is 40.2 Å². The molecule has 3 nitrogen and oxygen atoms in total. The van der Waals surface area contributed by atoms with Crippen LogP contribution in [0.5, 0.6) is 0 Å². The standard InChI is InChI=1S/C12H21NO2/c1-12(2,3)13-6-4-5-10(13)9-7-11(14)15-8-9/h9-10H,4-8H2,1-3H3/t9-,10+/m1/s1. The second kappa shape index (κ2) is 3.78. The molecule has 2 aliphatic rings. The largest absolute Gasteiger partial charge is 0.465 e. The first kappa shape index (κ1) is 10.9. The highest BCUT2D eigenvalue weighted by Gasteiger charge is 2.40. The minimum Gasteiger partial charge on any atom is -0.465 e. The topological polar surface area (TPSA) is 29.5 Å². The van der Waals surface area contributed by atoms with Gasteiger partial charge >= 0.3 is 5.97 Å². The van der Waals surface area contributed by atoms with Crippen LogP contribution in [0.3, 0.4) is 0 Å². The Hall–Kier alpha value is -0.570. The molecular formula is C12H21NO2. The van der Waals surface area contributed by atoms with Crippen LogP contribution in [0.25, 0.3) is 0 Å². The zero-order valence-electron chi connectivity index (χ0n) is 9.95. The molecule has 2 rings (SSSR count). The summed E-state index contributed by atoms with van der Waals surface area (Å²) in [4.78, 5) is 13.7. The summed E-state index contributed by atoms with van der Waals surface area (Å²) in [7, 11) is 0. The summed E-state index contributed by atoms with van der Waals surface area (Å²) in [5.41, 5.74) is 0.215. The highest BCUT2D eigenvalue weighted by atomic mass is 16.5. The molecule has 0 saturated carbocycles. The van der Waals surface area contributed by atoms with Crippen LogP contribution >= 0.6 is 0 Å². The Balaban J connectivity index is 2.05. The van der Waals surface area contributed by atoms with E-state index >= 15 is 0 Å². The van der Waals surface area contributed by atoms with E-state index in [2.05, 4.69) is 25.7 Å². The Morgan fingerprint density at radius 2 is 2.13 bits per heavy atom. The van der Waals surface area contributed by atoms with Crippen molar-refractivity contribution in [3.05, 3.63) is 0 Å². The van der Waals surface area contributed by atoms with Gasteiger partial charge in [-0.3, -0.25) is 9.69 Å². The Labute approximate surface area is 91.8 Å². The van der Waals surface area contributed by atoms with Gasteiger partial charge in [0.25, 0.3) is 0 Å². The lowest BCUT2D eigenvalue weighted by Crippen LogP contribution is -2.47. The third-order valence-corrected chi connectivity index (χ3v) is 3.59. The van der Waals surface area contributed by atoms with E-state index in [1.165, 1.54) is 19.4 Å². The van der Waals surface area contributed by atoms with Crippen molar-refractivity contribution in [2.45, 2.75) is 51.6 Å². The summed E-state index contributed by atoms with van der Waals surface area (Å²) in [5, 5.41) is 0. The molecule has 3 heteroatoms. The predicted molar refractivity (Wildman–Crippen MR) is 58.5 cm³/mol. The van der Waals surface area contributed by atoms with Crippen LogP contribution in [0.1, 0.15) is 40.0 Å². The average Bonchev–Trinajstić information content (AvgIpc) is 2.68. The molecule has 0 bridgehead atoms. The van der Waals surface area contributed by atoms with E-state index in [1.54, 1.807) is 0 Å². The fraction of sp³-hybridized carbons (Fsp3) is 0.917. The quantitative estimate of drug-likeness (QED) is 0.620. The van der Waals surface area contributed by atoms with E-state index in [0.717, 1.165) is 0 Å². The maximum absolute atomic E-state index is 11.1. The van der Waals surface area contributed by atoms with Crippen molar-refractivity contribution in [3.8, 4) is 0 Å². The zero-order chi connectivity index (χ0) is 11.1. The number of carbonyl (C=O) groups is 1. The number of cyclic esters (lactones) is 1. The number of rotatable bonds is 1. The van der Waals surface area contributed by atoms with Gasteiger partial charge in [-0.15, -0.1) is 0 Å². The van der Waals surface area contributed by atoms with Gasteiger partial charge in [0.1, 0.15) is 0 Å². The molecule has 0 unspecified atom stereocenters. The molecule has 0 aromatic rings. The smallest absolute Gasteiger partial charge is 0.306 e. The van der Waals surface area contributed by atoms with Crippen molar-refractivity contribution in [2.75, 3.05) is 13.2 Å². The summed E-state index contributed by atoms with van der Waals surface area (Å²) in [6.45, 7) is 8.56. The first-order valence-corrected chi connectivity index (χ1v) is 5.91. The number of likely N-dealkylation sites (tertiary alicyclic amines) is 1. The summed E-state index contributed by atoms with van der Waals surface area (Å²) < 4.78 is 5.07. The van der Waals surface area contributed by atoms with Gasteiger partial charge in [-0.25, -0.2) is 0 Å². The van der Waals surface area contributed by atoms with E-state index in [0.29, 0.717) is 25.0 Å². The third-order valence-electron chi connectivity index (χ3n) is 3.59. The number of hydrogen-bond acceptors (Lipinski definition) is 3. The van der Waals surface area contributed by atoms with Crippen molar-refractivity contribution < 1.29 is 9.53 Å². The molecule has 0 spiro atoms. The minimum atomic E-state index is -0.0132. The maximum Gasteiger partial charge on any atom is 0.306 e. The lowest BCUT2D eigenvalue weighted by atomic mass is 9.93. The van der Waals surface area contributed by atoms with Crippen LogP contribution in [-0.4, -0.2) is 35.6 Å². The number of ether oxygens (including phenoxy) is 1. The molecule has 2 saturated heterocycles. The molecule has 86 valence electrons. The Morgan fingerprint density at radius 3 is 2.67 bits per heavy atom. The van der Waals surface area contributed by atoms with Crippen LogP contribution in [0.4, 0.5) is 0 Å². The number of esters is 1. The molecule has 0 aliphatic carbocycles. The fourth-order valence-corrected chi connectivity index (χ4v) is 2.89. The summed E-state index contributed by atoms with van der Waals surface area (Å²) in [6, 6.07) is 0.552. The SMILES string of the molecule is CC(C)(C)N1CCC[C@H]1[C@H]1COC(=O)C1. The van der Waals surface area contributed by atoms with Crippen molar-refractivity contribution in [1.29, 1.82) is 0 Å². The van der Waals surface area contributed by atoms with Crippen LogP contribution < -0.4 is 0 Å². The fourth-order valence-electron chi connectivity index (χ4n) is 2.89.